The Bertz CT molecular complexity index is 416. The van der Waals surface area contributed by atoms with Gasteiger partial charge in [0, 0.05) is 35.8 Å². The molecule has 1 aromatic heterocycles. The van der Waals surface area contributed by atoms with Crippen LogP contribution in [0.4, 0.5) is 0 Å². The molecule has 0 atom stereocenters. The molecule has 2 rings (SSSR count). The fraction of sp³-hybridized carbons (Fsp3) is 0.500. The van der Waals surface area contributed by atoms with Gasteiger partial charge < -0.3 is 10.2 Å². The van der Waals surface area contributed by atoms with Gasteiger partial charge in [0.25, 0.3) is 5.91 Å². The van der Waals surface area contributed by atoms with E-state index < -0.39 is 0 Å². The van der Waals surface area contributed by atoms with Crippen LogP contribution in [0.1, 0.15) is 24.3 Å². The number of carbonyl (C=O) groups excluding carboxylic acids is 1. The number of piperazine rings is 1. The van der Waals surface area contributed by atoms with Gasteiger partial charge >= 0.3 is 0 Å². The molecule has 1 aliphatic rings. The van der Waals surface area contributed by atoms with Gasteiger partial charge in [-0.05, 0) is 41.9 Å². The number of rotatable bonds is 1. The average molecular weight is 298 g/mol. The van der Waals surface area contributed by atoms with Gasteiger partial charge in [-0.15, -0.1) is 0 Å². The zero-order valence-electron chi connectivity index (χ0n) is 10.0. The summed E-state index contributed by atoms with van der Waals surface area (Å²) in [4.78, 5) is 18.2. The van der Waals surface area contributed by atoms with Crippen LogP contribution in [0.25, 0.3) is 0 Å². The number of hydrogen-bond donors (Lipinski definition) is 1. The number of nitrogens with zero attached hydrogens (tertiary/aromatic N) is 2. The van der Waals surface area contributed by atoms with Gasteiger partial charge in [0.15, 0.2) is 0 Å². The smallest absolute Gasteiger partial charge is 0.272 e. The SMILES string of the molecule is CC1(C)CN(C(=O)c2ccc(Br)cn2)CCN1. The number of pyridine rings is 1. The molecule has 0 spiro atoms. The summed E-state index contributed by atoms with van der Waals surface area (Å²) in [6.07, 6.45) is 1.65. The Balaban J connectivity index is 2.12. The molecular weight excluding hydrogens is 282 g/mol. The maximum atomic E-state index is 12.2. The second-order valence-corrected chi connectivity index (χ2v) is 5.81. The van der Waals surface area contributed by atoms with Crippen molar-refractivity contribution in [2.24, 2.45) is 0 Å². The maximum absolute atomic E-state index is 12.2. The monoisotopic (exact) mass is 297 g/mol. The predicted octanol–water partition coefficient (Wildman–Crippen LogP) is 1.67. The van der Waals surface area contributed by atoms with Gasteiger partial charge in [0.05, 0.1) is 0 Å². The molecule has 0 radical (unpaired) electrons. The van der Waals surface area contributed by atoms with Gasteiger partial charge in [-0.1, -0.05) is 0 Å². The highest BCUT2D eigenvalue weighted by molar-refractivity contribution is 9.10. The molecule has 1 aliphatic heterocycles. The van der Waals surface area contributed by atoms with Crippen LogP contribution in [-0.2, 0) is 0 Å². The van der Waals surface area contributed by atoms with Crippen molar-refractivity contribution in [1.82, 2.24) is 15.2 Å². The Kier molecular flexibility index (Phi) is 3.49. The Morgan fingerprint density at radius 3 is 2.88 bits per heavy atom. The lowest BCUT2D eigenvalue weighted by Crippen LogP contribution is -2.58. The fourth-order valence-corrected chi connectivity index (χ4v) is 2.21. The minimum absolute atomic E-state index is 0.00655. The molecule has 92 valence electrons. The first-order valence-electron chi connectivity index (χ1n) is 5.64. The van der Waals surface area contributed by atoms with Crippen LogP contribution in [0, 0.1) is 0 Å². The van der Waals surface area contributed by atoms with Crippen molar-refractivity contribution in [2.45, 2.75) is 19.4 Å². The highest BCUT2D eigenvalue weighted by Crippen LogP contribution is 2.14. The van der Waals surface area contributed by atoms with E-state index in [1.165, 1.54) is 0 Å². The fourth-order valence-electron chi connectivity index (χ4n) is 1.98. The lowest BCUT2D eigenvalue weighted by atomic mass is 10.0. The van der Waals surface area contributed by atoms with Crippen molar-refractivity contribution in [3.8, 4) is 0 Å². The summed E-state index contributed by atoms with van der Waals surface area (Å²) in [7, 11) is 0. The van der Waals surface area contributed by atoms with Crippen molar-refractivity contribution in [3.05, 3.63) is 28.5 Å². The van der Waals surface area contributed by atoms with Crippen LogP contribution in [0.3, 0.4) is 0 Å². The van der Waals surface area contributed by atoms with Crippen LogP contribution in [0.2, 0.25) is 0 Å². The normalized spacial score (nSPS) is 19.1. The first-order valence-corrected chi connectivity index (χ1v) is 6.43. The van der Waals surface area contributed by atoms with E-state index in [0.29, 0.717) is 12.2 Å². The molecule has 1 aromatic rings. The number of nitrogens with one attached hydrogen (secondary N) is 1. The van der Waals surface area contributed by atoms with E-state index in [1.807, 2.05) is 11.0 Å². The largest absolute Gasteiger partial charge is 0.334 e. The van der Waals surface area contributed by atoms with Crippen LogP contribution in [0.15, 0.2) is 22.8 Å². The Hall–Kier alpha value is -0.940. The summed E-state index contributed by atoms with van der Waals surface area (Å²) in [5.74, 6) is 0.00655. The molecule has 4 nitrogen and oxygen atoms in total. The average Bonchev–Trinajstić information content (AvgIpc) is 2.28. The number of carbonyl (C=O) groups is 1. The molecule has 1 amide bonds. The predicted molar refractivity (Wildman–Crippen MR) is 69.9 cm³/mol. The molecule has 0 aliphatic carbocycles. The molecule has 0 aromatic carbocycles. The van der Waals surface area contributed by atoms with Crippen LogP contribution in [-0.4, -0.2) is 41.0 Å². The molecule has 2 heterocycles. The van der Waals surface area contributed by atoms with Crippen molar-refractivity contribution < 1.29 is 4.79 Å². The highest BCUT2D eigenvalue weighted by Gasteiger charge is 2.29. The van der Waals surface area contributed by atoms with Gasteiger partial charge in [-0.3, -0.25) is 4.79 Å². The van der Waals surface area contributed by atoms with Crippen molar-refractivity contribution in [3.63, 3.8) is 0 Å². The first kappa shape index (κ1) is 12.5. The van der Waals surface area contributed by atoms with Gasteiger partial charge in [-0.25, -0.2) is 4.98 Å². The summed E-state index contributed by atoms with van der Waals surface area (Å²) in [5.41, 5.74) is 0.481. The Morgan fingerprint density at radius 2 is 2.29 bits per heavy atom. The summed E-state index contributed by atoms with van der Waals surface area (Å²) in [6, 6.07) is 3.59. The first-order chi connectivity index (χ1) is 7.98. The molecule has 1 saturated heterocycles. The summed E-state index contributed by atoms with van der Waals surface area (Å²) in [5, 5.41) is 3.38. The molecule has 0 unspecified atom stereocenters. The quantitative estimate of drug-likeness (QED) is 0.858. The van der Waals surface area contributed by atoms with Crippen LogP contribution in [0.5, 0.6) is 0 Å². The second-order valence-electron chi connectivity index (χ2n) is 4.90. The standard InChI is InChI=1S/C12H16BrN3O/c1-12(2)8-16(6-5-15-12)11(17)10-4-3-9(13)7-14-10/h3-4,7,15H,5-6,8H2,1-2H3. The van der Waals surface area contributed by atoms with E-state index in [-0.39, 0.29) is 11.4 Å². The van der Waals surface area contributed by atoms with Crippen molar-refractivity contribution >= 4 is 21.8 Å². The van der Waals surface area contributed by atoms with Gasteiger partial charge in [0.2, 0.25) is 0 Å². The maximum Gasteiger partial charge on any atom is 0.272 e. The molecular formula is C12H16BrN3O. The van der Waals surface area contributed by atoms with E-state index in [9.17, 15) is 4.79 Å². The summed E-state index contributed by atoms with van der Waals surface area (Å²) in [6.45, 7) is 6.47. The van der Waals surface area contributed by atoms with Crippen LogP contribution < -0.4 is 5.32 Å². The highest BCUT2D eigenvalue weighted by atomic mass is 79.9. The van der Waals surface area contributed by atoms with Gasteiger partial charge in [0.1, 0.15) is 5.69 Å². The van der Waals surface area contributed by atoms with Crippen molar-refractivity contribution in [1.29, 1.82) is 0 Å². The topological polar surface area (TPSA) is 45.2 Å². The molecule has 17 heavy (non-hydrogen) atoms. The molecule has 1 fully saturated rings. The minimum atomic E-state index is -0.0245. The molecule has 0 saturated carbocycles. The molecule has 0 bridgehead atoms. The Morgan fingerprint density at radius 1 is 1.53 bits per heavy atom. The number of halogens is 1. The lowest BCUT2D eigenvalue weighted by Gasteiger charge is -2.38. The van der Waals surface area contributed by atoms with E-state index >= 15 is 0 Å². The zero-order chi connectivity index (χ0) is 12.5. The zero-order valence-corrected chi connectivity index (χ0v) is 11.6. The summed E-state index contributed by atoms with van der Waals surface area (Å²) < 4.78 is 0.884. The minimum Gasteiger partial charge on any atom is -0.334 e. The summed E-state index contributed by atoms with van der Waals surface area (Å²) >= 11 is 3.31. The lowest BCUT2D eigenvalue weighted by molar-refractivity contribution is 0.0646. The third-order valence-electron chi connectivity index (χ3n) is 2.81. The van der Waals surface area contributed by atoms with Gasteiger partial charge in [-0.2, -0.15) is 0 Å². The van der Waals surface area contributed by atoms with E-state index in [2.05, 4.69) is 40.1 Å². The molecule has 5 heteroatoms. The number of hydrogen-bond acceptors (Lipinski definition) is 3. The van der Waals surface area contributed by atoms with E-state index in [1.54, 1.807) is 12.3 Å². The van der Waals surface area contributed by atoms with Crippen molar-refractivity contribution in [2.75, 3.05) is 19.6 Å². The van der Waals surface area contributed by atoms with E-state index in [4.69, 9.17) is 0 Å². The number of amides is 1. The van der Waals surface area contributed by atoms with Crippen LogP contribution >= 0.6 is 15.9 Å². The molecule has 1 N–H and O–H groups in total. The third-order valence-corrected chi connectivity index (χ3v) is 3.27. The Labute approximate surface area is 110 Å². The van der Waals surface area contributed by atoms with E-state index in [0.717, 1.165) is 17.6 Å². The number of aromatic nitrogens is 1. The second kappa shape index (κ2) is 4.74. The third kappa shape index (κ3) is 3.04.